The van der Waals surface area contributed by atoms with Crippen LogP contribution >= 0.6 is 0 Å². The predicted molar refractivity (Wildman–Crippen MR) is 44.3 cm³/mol. The highest BCUT2D eigenvalue weighted by molar-refractivity contribution is 5.75. The van der Waals surface area contributed by atoms with E-state index in [0.717, 1.165) is 13.0 Å². The summed E-state index contributed by atoms with van der Waals surface area (Å²) in [4.78, 5) is 4.06. The third-order valence-electron chi connectivity index (χ3n) is 1.49. The van der Waals surface area contributed by atoms with Crippen molar-refractivity contribution < 1.29 is 4.74 Å². The molecule has 1 aliphatic heterocycles. The lowest BCUT2D eigenvalue weighted by Crippen LogP contribution is -2.33. The number of hydrogen-bond acceptors (Lipinski definition) is 3. The summed E-state index contributed by atoms with van der Waals surface area (Å²) in [5.74, 6) is 2.61. The number of hydrogen-bond donors (Lipinski definition) is 1. The zero-order valence-corrected chi connectivity index (χ0v) is 6.63. The molecule has 0 aromatic heterocycles. The van der Waals surface area contributed by atoms with E-state index in [2.05, 4.69) is 16.2 Å². The van der Waals surface area contributed by atoms with E-state index in [9.17, 15) is 0 Å². The molecule has 1 aliphatic rings. The van der Waals surface area contributed by atoms with Crippen molar-refractivity contribution in [3.05, 3.63) is 0 Å². The Bertz CT molecular complexity index is 193. The van der Waals surface area contributed by atoms with E-state index in [-0.39, 0.29) is 6.04 Å². The smallest absolute Gasteiger partial charge is 0.285 e. The maximum atomic E-state index is 5.24. The molecule has 0 aromatic rings. The second-order valence-electron chi connectivity index (χ2n) is 2.31. The molecule has 1 N–H and O–H groups in total. The number of nitrogens with one attached hydrogen (secondary N) is 1. The first-order chi connectivity index (χ1) is 5.36. The minimum Gasteiger partial charge on any atom is -0.463 e. The van der Waals surface area contributed by atoms with Crippen molar-refractivity contribution in [3.63, 3.8) is 0 Å². The van der Waals surface area contributed by atoms with Gasteiger partial charge in [0.15, 0.2) is 0 Å². The van der Waals surface area contributed by atoms with Crippen LogP contribution in [0.3, 0.4) is 0 Å². The molecule has 0 saturated heterocycles. The molecule has 3 heteroatoms. The monoisotopic (exact) mass is 152 g/mol. The van der Waals surface area contributed by atoms with Gasteiger partial charge >= 0.3 is 0 Å². The average Bonchev–Trinajstić information content (AvgIpc) is 2.52. The number of amidine groups is 1. The molecule has 1 atom stereocenters. The van der Waals surface area contributed by atoms with Crippen molar-refractivity contribution in [3.8, 4) is 12.3 Å². The zero-order chi connectivity index (χ0) is 8.10. The first-order valence-electron chi connectivity index (χ1n) is 3.76. The van der Waals surface area contributed by atoms with E-state index in [1.54, 1.807) is 0 Å². The Labute approximate surface area is 66.8 Å². The minimum absolute atomic E-state index is 0.0480. The van der Waals surface area contributed by atoms with Crippen LogP contribution in [-0.2, 0) is 4.74 Å². The van der Waals surface area contributed by atoms with E-state index >= 15 is 0 Å². The third kappa shape index (κ3) is 2.15. The van der Waals surface area contributed by atoms with E-state index < -0.39 is 0 Å². The summed E-state index contributed by atoms with van der Waals surface area (Å²) < 4.78 is 5.13. The maximum absolute atomic E-state index is 5.24. The first kappa shape index (κ1) is 7.93. The number of nitrogens with zero attached hydrogens (tertiary/aromatic N) is 1. The highest BCUT2D eigenvalue weighted by Gasteiger charge is 2.09. The third-order valence-corrected chi connectivity index (χ3v) is 1.49. The lowest BCUT2D eigenvalue weighted by molar-refractivity contribution is 0.328. The molecule has 0 bridgehead atoms. The molecule has 60 valence electrons. The van der Waals surface area contributed by atoms with Gasteiger partial charge in [0.1, 0.15) is 6.61 Å². The molecule has 1 heterocycles. The molecule has 0 aliphatic carbocycles. The Hall–Kier alpha value is -1.17. The Kier molecular flexibility index (Phi) is 2.79. The van der Waals surface area contributed by atoms with Gasteiger partial charge in [0.2, 0.25) is 0 Å². The fourth-order valence-corrected chi connectivity index (χ4v) is 0.833. The van der Waals surface area contributed by atoms with Crippen molar-refractivity contribution >= 4 is 6.02 Å². The SMILES string of the molecule is C#C[C@@H](CC)NC1=NCCO1. The molecular formula is C8H12N2O. The fraction of sp³-hybridized carbons (Fsp3) is 0.625. The summed E-state index contributed by atoms with van der Waals surface area (Å²) in [6.07, 6.45) is 6.13. The lowest BCUT2D eigenvalue weighted by atomic mass is 10.2. The van der Waals surface area contributed by atoms with E-state index in [1.165, 1.54) is 0 Å². The Morgan fingerprint density at radius 3 is 3.18 bits per heavy atom. The topological polar surface area (TPSA) is 33.6 Å². The molecule has 0 aromatic carbocycles. The second-order valence-corrected chi connectivity index (χ2v) is 2.31. The van der Waals surface area contributed by atoms with Crippen LogP contribution in [0.25, 0.3) is 0 Å². The van der Waals surface area contributed by atoms with Crippen LogP contribution in [-0.4, -0.2) is 25.2 Å². The average molecular weight is 152 g/mol. The summed E-state index contributed by atoms with van der Waals surface area (Å²) >= 11 is 0. The Balaban J connectivity index is 2.34. The van der Waals surface area contributed by atoms with E-state index in [1.807, 2.05) is 6.92 Å². The van der Waals surface area contributed by atoms with Crippen LogP contribution in [0.1, 0.15) is 13.3 Å². The second kappa shape index (κ2) is 3.87. The molecule has 0 saturated carbocycles. The standard InChI is InChI=1S/C8H12N2O/c1-3-7(4-2)10-8-9-5-6-11-8/h1,7H,4-6H2,2H3,(H,9,10)/t7-/m0/s1. The van der Waals surface area contributed by atoms with Crippen LogP contribution in [0.2, 0.25) is 0 Å². The van der Waals surface area contributed by atoms with Gasteiger partial charge in [-0.15, -0.1) is 6.42 Å². The molecule has 11 heavy (non-hydrogen) atoms. The van der Waals surface area contributed by atoms with Gasteiger partial charge in [-0.05, 0) is 6.42 Å². The largest absolute Gasteiger partial charge is 0.463 e. The van der Waals surface area contributed by atoms with E-state index in [4.69, 9.17) is 11.2 Å². The molecule has 3 nitrogen and oxygen atoms in total. The van der Waals surface area contributed by atoms with Crippen LogP contribution in [0.5, 0.6) is 0 Å². The van der Waals surface area contributed by atoms with Gasteiger partial charge in [0.25, 0.3) is 6.02 Å². The summed E-state index contributed by atoms with van der Waals surface area (Å²) in [5, 5.41) is 3.01. The quantitative estimate of drug-likeness (QED) is 0.580. The number of rotatable bonds is 2. The number of ether oxygens (including phenoxy) is 1. The zero-order valence-electron chi connectivity index (χ0n) is 6.63. The Morgan fingerprint density at radius 1 is 1.91 bits per heavy atom. The minimum atomic E-state index is 0.0480. The highest BCUT2D eigenvalue weighted by atomic mass is 16.5. The summed E-state index contributed by atoms with van der Waals surface area (Å²) in [7, 11) is 0. The van der Waals surface area contributed by atoms with Gasteiger partial charge in [0, 0.05) is 0 Å². The molecule has 0 amide bonds. The fourth-order valence-electron chi connectivity index (χ4n) is 0.833. The van der Waals surface area contributed by atoms with Crippen LogP contribution < -0.4 is 5.32 Å². The summed E-state index contributed by atoms with van der Waals surface area (Å²) in [6, 6.07) is 0.640. The molecular weight excluding hydrogens is 140 g/mol. The number of terminal acetylenes is 1. The van der Waals surface area contributed by atoms with Crippen molar-refractivity contribution in [1.82, 2.24) is 5.32 Å². The normalized spacial score (nSPS) is 18.0. The van der Waals surface area contributed by atoms with Gasteiger partial charge in [-0.25, -0.2) is 4.99 Å². The van der Waals surface area contributed by atoms with Gasteiger partial charge in [-0.2, -0.15) is 0 Å². The van der Waals surface area contributed by atoms with E-state index in [0.29, 0.717) is 12.6 Å². The van der Waals surface area contributed by atoms with Crippen molar-refractivity contribution in [2.24, 2.45) is 4.99 Å². The van der Waals surface area contributed by atoms with Gasteiger partial charge in [0.05, 0.1) is 12.6 Å². The number of aliphatic imine (C=N–C) groups is 1. The van der Waals surface area contributed by atoms with Crippen LogP contribution in [0.15, 0.2) is 4.99 Å². The van der Waals surface area contributed by atoms with Crippen LogP contribution in [0, 0.1) is 12.3 Å². The molecule has 0 radical (unpaired) electrons. The van der Waals surface area contributed by atoms with Crippen molar-refractivity contribution in [2.45, 2.75) is 19.4 Å². The molecule has 0 fully saturated rings. The maximum Gasteiger partial charge on any atom is 0.285 e. The lowest BCUT2D eigenvalue weighted by Gasteiger charge is -2.10. The van der Waals surface area contributed by atoms with Crippen LogP contribution in [0.4, 0.5) is 0 Å². The van der Waals surface area contributed by atoms with Gasteiger partial charge in [-0.3, -0.25) is 0 Å². The van der Waals surface area contributed by atoms with Crippen molar-refractivity contribution in [2.75, 3.05) is 13.2 Å². The highest BCUT2D eigenvalue weighted by Crippen LogP contribution is 1.94. The predicted octanol–water partition coefficient (Wildman–Crippen LogP) is 0.374. The van der Waals surface area contributed by atoms with Crippen molar-refractivity contribution in [1.29, 1.82) is 0 Å². The molecule has 1 rings (SSSR count). The summed E-state index contributed by atoms with van der Waals surface area (Å²) in [5.41, 5.74) is 0. The Morgan fingerprint density at radius 2 is 2.73 bits per heavy atom. The first-order valence-corrected chi connectivity index (χ1v) is 3.76. The van der Waals surface area contributed by atoms with Gasteiger partial charge < -0.3 is 10.1 Å². The molecule has 0 spiro atoms. The molecule has 0 unspecified atom stereocenters. The summed E-state index contributed by atoms with van der Waals surface area (Å²) in [6.45, 7) is 3.43. The van der Waals surface area contributed by atoms with Gasteiger partial charge in [-0.1, -0.05) is 12.8 Å².